The fourth-order valence-corrected chi connectivity index (χ4v) is 2.64. The van der Waals surface area contributed by atoms with Gasteiger partial charge in [0.05, 0.1) is 0 Å². The number of nitrogens with one attached hydrogen (secondary N) is 1. The fourth-order valence-electron chi connectivity index (χ4n) is 2.64. The molecule has 1 saturated heterocycles. The van der Waals surface area contributed by atoms with Gasteiger partial charge in [-0.1, -0.05) is 41.5 Å². The highest BCUT2D eigenvalue weighted by molar-refractivity contribution is 4.89. The van der Waals surface area contributed by atoms with Crippen LogP contribution in [0.5, 0.6) is 0 Å². The van der Waals surface area contributed by atoms with Gasteiger partial charge in [-0.15, -0.1) is 0 Å². The summed E-state index contributed by atoms with van der Waals surface area (Å²) in [4.78, 5) is 2.73. The van der Waals surface area contributed by atoms with Gasteiger partial charge < -0.3 is 5.32 Å². The minimum atomic E-state index is 0.678. The van der Waals surface area contributed by atoms with Crippen LogP contribution in [0.1, 0.15) is 48.0 Å². The summed E-state index contributed by atoms with van der Waals surface area (Å²) in [7, 11) is 0. The number of nitrogens with zero attached hydrogens (tertiary/aromatic N) is 1. The van der Waals surface area contributed by atoms with E-state index in [0.717, 1.165) is 23.8 Å². The Kier molecular flexibility index (Phi) is 5.94. The Bertz CT molecular complexity index is 211. The lowest BCUT2D eigenvalue weighted by Crippen LogP contribution is -2.59. The van der Waals surface area contributed by atoms with Gasteiger partial charge in [0, 0.05) is 25.2 Å². The Balaban J connectivity index is 2.56. The molecule has 1 heterocycles. The predicted molar refractivity (Wildman–Crippen MR) is 76.3 cm³/mol. The average molecular weight is 240 g/mol. The molecule has 2 unspecified atom stereocenters. The maximum absolute atomic E-state index is 3.73. The summed E-state index contributed by atoms with van der Waals surface area (Å²) in [5, 5.41) is 3.73. The summed E-state index contributed by atoms with van der Waals surface area (Å²) < 4.78 is 0. The third kappa shape index (κ3) is 4.59. The van der Waals surface area contributed by atoms with Crippen LogP contribution < -0.4 is 5.32 Å². The van der Waals surface area contributed by atoms with Crippen molar-refractivity contribution in [1.29, 1.82) is 0 Å². The predicted octanol–water partition coefficient (Wildman–Crippen LogP) is 2.99. The normalized spacial score (nSPS) is 27.4. The van der Waals surface area contributed by atoms with Gasteiger partial charge in [-0.2, -0.15) is 0 Å². The molecular weight excluding hydrogens is 208 g/mol. The van der Waals surface area contributed by atoms with E-state index in [0.29, 0.717) is 6.04 Å². The van der Waals surface area contributed by atoms with Crippen LogP contribution in [0.3, 0.4) is 0 Å². The van der Waals surface area contributed by atoms with Crippen molar-refractivity contribution in [1.82, 2.24) is 10.2 Å². The molecule has 1 fully saturated rings. The maximum Gasteiger partial charge on any atom is 0.0244 e. The Hall–Kier alpha value is -0.0800. The van der Waals surface area contributed by atoms with Crippen molar-refractivity contribution in [3.05, 3.63) is 0 Å². The van der Waals surface area contributed by atoms with Crippen LogP contribution in [0.2, 0.25) is 0 Å². The molecule has 102 valence electrons. The molecule has 1 aliphatic rings. The molecule has 0 bridgehead atoms. The number of piperazine rings is 1. The van der Waals surface area contributed by atoms with E-state index in [2.05, 4.69) is 51.8 Å². The Morgan fingerprint density at radius 1 is 1.06 bits per heavy atom. The summed E-state index contributed by atoms with van der Waals surface area (Å²) in [5.41, 5.74) is 0. The molecule has 0 aromatic carbocycles. The molecule has 2 atom stereocenters. The second kappa shape index (κ2) is 6.75. The van der Waals surface area contributed by atoms with E-state index in [-0.39, 0.29) is 0 Å². The number of hydrogen-bond acceptors (Lipinski definition) is 2. The summed E-state index contributed by atoms with van der Waals surface area (Å²) in [6, 6.07) is 1.40. The van der Waals surface area contributed by atoms with Crippen LogP contribution in [0.4, 0.5) is 0 Å². The van der Waals surface area contributed by atoms with E-state index in [1.807, 2.05) is 0 Å². The Labute approximate surface area is 108 Å². The van der Waals surface area contributed by atoms with Crippen LogP contribution in [0.25, 0.3) is 0 Å². The zero-order chi connectivity index (χ0) is 13.0. The first-order chi connectivity index (χ1) is 7.91. The van der Waals surface area contributed by atoms with Crippen LogP contribution in [-0.4, -0.2) is 36.6 Å². The third-order valence-electron chi connectivity index (χ3n) is 4.06. The first-order valence-electron chi connectivity index (χ1n) is 7.39. The molecule has 0 radical (unpaired) electrons. The Morgan fingerprint density at radius 2 is 1.71 bits per heavy atom. The average Bonchev–Trinajstić information content (AvgIpc) is 2.25. The molecule has 17 heavy (non-hydrogen) atoms. The highest BCUT2D eigenvalue weighted by atomic mass is 15.2. The molecule has 1 aliphatic heterocycles. The zero-order valence-corrected chi connectivity index (χ0v) is 12.7. The van der Waals surface area contributed by atoms with E-state index in [1.54, 1.807) is 0 Å². The van der Waals surface area contributed by atoms with Gasteiger partial charge in [0.2, 0.25) is 0 Å². The van der Waals surface area contributed by atoms with Gasteiger partial charge in [-0.25, -0.2) is 0 Å². The van der Waals surface area contributed by atoms with Crippen molar-refractivity contribution in [2.75, 3.05) is 19.6 Å². The lowest BCUT2D eigenvalue weighted by atomic mass is 9.93. The summed E-state index contributed by atoms with van der Waals surface area (Å²) in [6.45, 7) is 17.7. The topological polar surface area (TPSA) is 15.3 Å². The molecular formula is C15H32N2. The van der Waals surface area contributed by atoms with Crippen LogP contribution in [-0.2, 0) is 0 Å². The third-order valence-corrected chi connectivity index (χ3v) is 4.06. The Morgan fingerprint density at radius 3 is 2.18 bits per heavy atom. The van der Waals surface area contributed by atoms with Crippen molar-refractivity contribution < 1.29 is 0 Å². The van der Waals surface area contributed by atoms with E-state index in [4.69, 9.17) is 0 Å². The summed E-state index contributed by atoms with van der Waals surface area (Å²) >= 11 is 0. The van der Waals surface area contributed by atoms with Crippen molar-refractivity contribution in [3.63, 3.8) is 0 Å². The van der Waals surface area contributed by atoms with Gasteiger partial charge in [-0.05, 0) is 30.7 Å². The molecule has 0 aromatic heterocycles. The molecule has 1 rings (SSSR count). The minimum absolute atomic E-state index is 0.678. The maximum atomic E-state index is 3.73. The molecule has 0 aliphatic carbocycles. The molecule has 1 N–H and O–H groups in total. The number of hydrogen-bond donors (Lipinski definition) is 1. The second-order valence-electron chi connectivity index (χ2n) is 6.75. The van der Waals surface area contributed by atoms with E-state index in [1.165, 1.54) is 26.1 Å². The first-order valence-corrected chi connectivity index (χ1v) is 7.39. The van der Waals surface area contributed by atoms with Gasteiger partial charge in [0.25, 0.3) is 0 Å². The van der Waals surface area contributed by atoms with Gasteiger partial charge >= 0.3 is 0 Å². The SMILES string of the molecule is CC(C)CCN1CC(C(C)C)NCC1C(C)C. The van der Waals surface area contributed by atoms with Crippen LogP contribution >= 0.6 is 0 Å². The smallest absolute Gasteiger partial charge is 0.0244 e. The van der Waals surface area contributed by atoms with E-state index >= 15 is 0 Å². The van der Waals surface area contributed by atoms with E-state index in [9.17, 15) is 0 Å². The first kappa shape index (κ1) is 15.0. The lowest BCUT2D eigenvalue weighted by molar-refractivity contribution is 0.0808. The minimum Gasteiger partial charge on any atom is -0.311 e. The van der Waals surface area contributed by atoms with Crippen LogP contribution in [0, 0.1) is 17.8 Å². The van der Waals surface area contributed by atoms with Gasteiger partial charge in [0.15, 0.2) is 0 Å². The van der Waals surface area contributed by atoms with Gasteiger partial charge in [0.1, 0.15) is 0 Å². The highest BCUT2D eigenvalue weighted by Crippen LogP contribution is 2.19. The molecule has 0 aromatic rings. The largest absolute Gasteiger partial charge is 0.311 e. The highest BCUT2D eigenvalue weighted by Gasteiger charge is 2.30. The standard InChI is InChI=1S/C15H32N2/c1-11(2)7-8-17-10-14(12(3)4)16-9-15(17)13(5)6/h11-16H,7-10H2,1-6H3. The summed E-state index contributed by atoms with van der Waals surface area (Å²) in [6.07, 6.45) is 1.33. The molecule has 2 nitrogen and oxygen atoms in total. The van der Waals surface area contributed by atoms with Crippen LogP contribution in [0.15, 0.2) is 0 Å². The molecule has 0 spiro atoms. The molecule has 0 amide bonds. The lowest BCUT2D eigenvalue weighted by Gasteiger charge is -2.44. The van der Waals surface area contributed by atoms with Crippen molar-refractivity contribution in [2.24, 2.45) is 17.8 Å². The zero-order valence-electron chi connectivity index (χ0n) is 12.7. The number of rotatable bonds is 5. The van der Waals surface area contributed by atoms with E-state index < -0.39 is 0 Å². The van der Waals surface area contributed by atoms with Crippen molar-refractivity contribution in [2.45, 2.75) is 60.0 Å². The quantitative estimate of drug-likeness (QED) is 0.795. The molecule has 2 heteroatoms. The monoisotopic (exact) mass is 240 g/mol. The van der Waals surface area contributed by atoms with Crippen molar-refractivity contribution >= 4 is 0 Å². The summed E-state index contributed by atoms with van der Waals surface area (Å²) in [5.74, 6) is 2.31. The second-order valence-corrected chi connectivity index (χ2v) is 6.75. The fraction of sp³-hybridized carbons (Fsp3) is 1.00. The van der Waals surface area contributed by atoms with Crippen molar-refractivity contribution in [3.8, 4) is 0 Å². The van der Waals surface area contributed by atoms with Gasteiger partial charge in [-0.3, -0.25) is 4.90 Å². The molecule has 0 saturated carbocycles.